The van der Waals surface area contributed by atoms with Crippen molar-refractivity contribution in [3.63, 3.8) is 0 Å². The number of hydrogen-bond donors (Lipinski definition) is 2. The van der Waals surface area contributed by atoms with E-state index in [1.165, 1.54) is 4.57 Å². The van der Waals surface area contributed by atoms with Crippen LogP contribution in [0.2, 0.25) is 5.02 Å². The Morgan fingerprint density at radius 1 is 1.20 bits per heavy atom. The van der Waals surface area contributed by atoms with Crippen molar-refractivity contribution in [1.29, 1.82) is 0 Å². The quantitative estimate of drug-likeness (QED) is 0.701. The summed E-state index contributed by atoms with van der Waals surface area (Å²) < 4.78 is 1.51. The van der Waals surface area contributed by atoms with E-state index in [1.54, 1.807) is 0 Å². The fourth-order valence-corrected chi connectivity index (χ4v) is 4.69. The lowest BCUT2D eigenvalue weighted by Gasteiger charge is -2.44. The van der Waals surface area contributed by atoms with Crippen LogP contribution in [0.3, 0.4) is 0 Å². The molecule has 1 aliphatic carbocycles. The number of amides is 2. The van der Waals surface area contributed by atoms with Gasteiger partial charge in [-0.1, -0.05) is 23.7 Å². The number of fused-ring (bicyclic) bond motifs is 1. The molecule has 0 unspecified atom stereocenters. The van der Waals surface area contributed by atoms with Gasteiger partial charge in [-0.15, -0.1) is 35.0 Å². The lowest BCUT2D eigenvalue weighted by atomic mass is 9.68. The van der Waals surface area contributed by atoms with Crippen LogP contribution in [0.25, 0.3) is 0 Å². The molecule has 0 bridgehead atoms. The predicted molar refractivity (Wildman–Crippen MR) is 118 cm³/mol. The van der Waals surface area contributed by atoms with Crippen LogP contribution in [-0.4, -0.2) is 44.1 Å². The maximum absolute atomic E-state index is 12.7. The fraction of sp³-hybridized carbons (Fsp3) is 0.474. The van der Waals surface area contributed by atoms with Crippen LogP contribution < -0.4 is 11.5 Å². The maximum Gasteiger partial charge on any atom is 0.286 e. The van der Waals surface area contributed by atoms with Gasteiger partial charge < -0.3 is 16.4 Å². The molecule has 2 amide bonds. The summed E-state index contributed by atoms with van der Waals surface area (Å²) >= 11 is 6.18. The van der Waals surface area contributed by atoms with Gasteiger partial charge in [0, 0.05) is 23.0 Å². The number of aromatic nitrogens is 3. The van der Waals surface area contributed by atoms with Crippen molar-refractivity contribution in [3.05, 3.63) is 46.5 Å². The SMILES string of the molecule is Cl.Cl.NC[C@]1(c2cccc(Cl)c2)CC[C@H](N2Cc3nnc(C(N)=O)n3CC2=O)CC1. The molecule has 11 heteroatoms. The van der Waals surface area contributed by atoms with E-state index in [0.717, 1.165) is 31.2 Å². The summed E-state index contributed by atoms with van der Waals surface area (Å²) in [5.74, 6) is -0.0802. The van der Waals surface area contributed by atoms with Crippen molar-refractivity contribution < 1.29 is 9.59 Å². The monoisotopic (exact) mass is 474 g/mol. The van der Waals surface area contributed by atoms with E-state index in [1.807, 2.05) is 23.1 Å². The van der Waals surface area contributed by atoms with Crippen molar-refractivity contribution in [2.75, 3.05) is 6.54 Å². The molecule has 4 N–H and O–H groups in total. The number of nitrogens with zero attached hydrogens (tertiary/aromatic N) is 4. The standard InChI is InChI=1S/C19H23ClN6O2.2ClH/c20-13-3-1-2-12(8-13)19(11-21)6-4-14(5-7-19)25-9-15-23-24-18(17(22)28)26(15)10-16(25)27;;/h1-3,8,14H,4-7,9-11,21H2,(H2,22,28);2*1H/t14-,19-;;. The van der Waals surface area contributed by atoms with E-state index in [4.69, 9.17) is 23.1 Å². The Morgan fingerprint density at radius 3 is 2.50 bits per heavy atom. The van der Waals surface area contributed by atoms with Crippen molar-refractivity contribution in [3.8, 4) is 0 Å². The van der Waals surface area contributed by atoms with E-state index >= 15 is 0 Å². The zero-order chi connectivity index (χ0) is 19.9. The number of rotatable bonds is 4. The first kappa shape index (κ1) is 24.4. The van der Waals surface area contributed by atoms with Gasteiger partial charge in [0.25, 0.3) is 5.91 Å². The molecule has 2 aromatic rings. The van der Waals surface area contributed by atoms with Gasteiger partial charge in [-0.3, -0.25) is 14.2 Å². The molecule has 1 aliphatic heterocycles. The lowest BCUT2D eigenvalue weighted by molar-refractivity contribution is -0.137. The predicted octanol–water partition coefficient (Wildman–Crippen LogP) is 2.06. The number of primary amides is 1. The molecular formula is C19H25Cl3N6O2. The van der Waals surface area contributed by atoms with E-state index in [-0.39, 0.29) is 54.5 Å². The van der Waals surface area contributed by atoms with E-state index in [0.29, 0.717) is 23.9 Å². The average Bonchev–Trinajstić information content (AvgIpc) is 3.10. The van der Waals surface area contributed by atoms with Gasteiger partial charge in [-0.25, -0.2) is 0 Å². The number of halogens is 3. The van der Waals surface area contributed by atoms with E-state index in [9.17, 15) is 9.59 Å². The molecule has 4 rings (SSSR count). The molecule has 2 aliphatic rings. The third kappa shape index (κ3) is 4.27. The zero-order valence-electron chi connectivity index (χ0n) is 16.3. The summed E-state index contributed by atoms with van der Waals surface area (Å²) in [6.45, 7) is 0.939. The molecule has 1 saturated carbocycles. The number of carbonyl (C=O) groups is 2. The molecule has 0 saturated heterocycles. The second kappa shape index (κ2) is 9.51. The van der Waals surface area contributed by atoms with Gasteiger partial charge in [0.1, 0.15) is 6.54 Å². The fourth-order valence-electron chi connectivity index (χ4n) is 4.50. The summed E-state index contributed by atoms with van der Waals surface area (Å²) in [6, 6.07) is 8.02. The Kier molecular flexibility index (Phi) is 7.74. The van der Waals surface area contributed by atoms with Gasteiger partial charge >= 0.3 is 0 Å². The Bertz CT molecular complexity index is 927. The van der Waals surface area contributed by atoms with Crippen LogP contribution in [0, 0.1) is 0 Å². The van der Waals surface area contributed by atoms with Gasteiger partial charge in [-0.2, -0.15) is 0 Å². The van der Waals surface area contributed by atoms with Crippen LogP contribution in [0.5, 0.6) is 0 Å². The number of nitrogens with two attached hydrogens (primary N) is 2. The van der Waals surface area contributed by atoms with Crippen LogP contribution in [-0.2, 0) is 23.3 Å². The van der Waals surface area contributed by atoms with Crippen molar-refractivity contribution in [2.45, 2.75) is 50.2 Å². The zero-order valence-corrected chi connectivity index (χ0v) is 18.7. The van der Waals surface area contributed by atoms with E-state index < -0.39 is 5.91 Å². The summed E-state index contributed by atoms with van der Waals surface area (Å²) in [4.78, 5) is 26.0. The summed E-state index contributed by atoms with van der Waals surface area (Å²) in [5.41, 5.74) is 12.5. The highest BCUT2D eigenvalue weighted by molar-refractivity contribution is 6.30. The topological polar surface area (TPSA) is 120 Å². The minimum absolute atomic E-state index is 0. The summed E-state index contributed by atoms with van der Waals surface area (Å²) in [6.07, 6.45) is 3.48. The lowest BCUT2D eigenvalue weighted by Crippen LogP contribution is -2.50. The van der Waals surface area contributed by atoms with Gasteiger partial charge in [0.05, 0.1) is 6.54 Å². The number of carbonyl (C=O) groups excluding carboxylic acids is 2. The molecule has 0 spiro atoms. The molecule has 164 valence electrons. The van der Waals surface area contributed by atoms with Crippen LogP contribution in [0.4, 0.5) is 0 Å². The minimum atomic E-state index is -0.674. The molecular weight excluding hydrogens is 451 g/mol. The molecule has 0 radical (unpaired) electrons. The summed E-state index contributed by atoms with van der Waals surface area (Å²) in [7, 11) is 0. The largest absolute Gasteiger partial charge is 0.363 e. The van der Waals surface area contributed by atoms with Crippen LogP contribution in [0.15, 0.2) is 24.3 Å². The number of benzene rings is 1. The van der Waals surface area contributed by atoms with Crippen LogP contribution >= 0.6 is 36.4 Å². The Morgan fingerprint density at radius 2 is 1.90 bits per heavy atom. The maximum atomic E-state index is 12.7. The smallest absolute Gasteiger partial charge is 0.286 e. The highest BCUT2D eigenvalue weighted by Gasteiger charge is 2.40. The Labute approximate surface area is 192 Å². The van der Waals surface area contributed by atoms with E-state index in [2.05, 4.69) is 16.3 Å². The summed E-state index contributed by atoms with van der Waals surface area (Å²) in [5, 5.41) is 8.58. The molecule has 1 aromatic carbocycles. The minimum Gasteiger partial charge on any atom is -0.363 e. The first-order valence-electron chi connectivity index (χ1n) is 9.41. The Hall–Kier alpha value is -1.87. The number of hydrogen-bond acceptors (Lipinski definition) is 5. The van der Waals surface area contributed by atoms with Crippen LogP contribution in [0.1, 0.15) is 47.7 Å². The third-order valence-corrected chi connectivity index (χ3v) is 6.39. The second-order valence-corrected chi connectivity index (χ2v) is 8.07. The molecule has 8 nitrogen and oxygen atoms in total. The molecule has 1 aromatic heterocycles. The van der Waals surface area contributed by atoms with Gasteiger partial charge in [0.2, 0.25) is 11.7 Å². The first-order chi connectivity index (χ1) is 13.4. The Balaban J connectivity index is 0.00000160. The van der Waals surface area contributed by atoms with Gasteiger partial charge in [0.15, 0.2) is 5.82 Å². The van der Waals surface area contributed by atoms with Crippen molar-refractivity contribution in [1.82, 2.24) is 19.7 Å². The third-order valence-electron chi connectivity index (χ3n) is 6.15. The average molecular weight is 476 g/mol. The molecule has 1 fully saturated rings. The highest BCUT2D eigenvalue weighted by Crippen LogP contribution is 2.41. The molecule has 30 heavy (non-hydrogen) atoms. The highest BCUT2D eigenvalue weighted by atomic mass is 35.5. The van der Waals surface area contributed by atoms with Crippen molar-refractivity contribution >= 4 is 48.2 Å². The van der Waals surface area contributed by atoms with Gasteiger partial charge in [-0.05, 0) is 43.4 Å². The second-order valence-electron chi connectivity index (χ2n) is 7.64. The molecule has 2 heterocycles. The molecule has 0 atom stereocenters. The first-order valence-corrected chi connectivity index (χ1v) is 9.79. The normalized spacial score (nSPS) is 23.2. The van der Waals surface area contributed by atoms with Crippen molar-refractivity contribution in [2.24, 2.45) is 11.5 Å².